The van der Waals surface area contributed by atoms with Crippen LogP contribution in [0.4, 0.5) is 0 Å². The molecule has 0 spiro atoms. The number of carbonyl (C=O) groups excluding carboxylic acids is 4. The summed E-state index contributed by atoms with van der Waals surface area (Å²) in [5.41, 5.74) is 1.48. The number of imide groups is 2. The van der Waals surface area contributed by atoms with Crippen molar-refractivity contribution in [3.05, 3.63) is 68.7 Å². The molecule has 0 N–H and O–H groups in total. The molecule has 0 aromatic heterocycles. The summed E-state index contributed by atoms with van der Waals surface area (Å²) in [4.78, 5) is 49.1. The van der Waals surface area contributed by atoms with Crippen LogP contribution in [0.5, 0.6) is 0 Å². The van der Waals surface area contributed by atoms with Gasteiger partial charge in [-0.25, -0.2) is 0 Å². The molecule has 8 heteroatoms. The van der Waals surface area contributed by atoms with Gasteiger partial charge in [0.15, 0.2) is 0 Å². The number of carbonyl (C=O) groups is 4. The minimum Gasteiger partial charge on any atom is -0.277 e. The second kappa shape index (κ2) is 8.35. The molecular formula is C21H18Cl2N2O4. The number of amides is 4. The summed E-state index contributed by atoms with van der Waals surface area (Å²) < 4.78 is 0. The van der Waals surface area contributed by atoms with E-state index in [0.29, 0.717) is 38.8 Å². The van der Waals surface area contributed by atoms with E-state index in [-0.39, 0.29) is 23.6 Å². The Hall–Kier alpha value is -2.70. The van der Waals surface area contributed by atoms with Crippen LogP contribution in [0.2, 0.25) is 10.0 Å². The van der Waals surface area contributed by atoms with Gasteiger partial charge < -0.3 is 0 Å². The molecule has 0 radical (unpaired) electrons. The predicted molar refractivity (Wildman–Crippen MR) is 110 cm³/mol. The van der Waals surface area contributed by atoms with Crippen LogP contribution in [0.1, 0.15) is 61.2 Å². The van der Waals surface area contributed by atoms with Crippen LogP contribution in [0.15, 0.2) is 36.4 Å². The molecule has 2 heterocycles. The van der Waals surface area contributed by atoms with Crippen molar-refractivity contribution in [2.45, 2.75) is 19.8 Å². The molecule has 0 saturated carbocycles. The fourth-order valence-electron chi connectivity index (χ4n) is 3.17. The van der Waals surface area contributed by atoms with Crippen molar-refractivity contribution >= 4 is 46.8 Å². The molecule has 2 aliphatic heterocycles. The Morgan fingerprint density at radius 1 is 0.759 bits per heavy atom. The molecule has 0 atom stereocenters. The second-order valence-corrected chi connectivity index (χ2v) is 7.42. The summed E-state index contributed by atoms with van der Waals surface area (Å²) in [6, 6.07) is 9.83. The highest BCUT2D eigenvalue weighted by Gasteiger charge is 2.36. The molecule has 4 amide bonds. The Balaban J connectivity index is 0.000000169. The molecule has 29 heavy (non-hydrogen) atoms. The smallest absolute Gasteiger partial charge is 0.263 e. The van der Waals surface area contributed by atoms with E-state index in [1.165, 1.54) is 11.9 Å². The van der Waals surface area contributed by atoms with E-state index in [4.69, 9.17) is 23.2 Å². The molecule has 0 fully saturated rings. The number of halogens is 2. The summed E-state index contributed by atoms with van der Waals surface area (Å²) in [6.45, 7) is 2.49. The van der Waals surface area contributed by atoms with Crippen LogP contribution < -0.4 is 0 Å². The van der Waals surface area contributed by atoms with E-state index < -0.39 is 0 Å². The lowest BCUT2D eigenvalue weighted by atomic mass is 10.1. The van der Waals surface area contributed by atoms with Crippen LogP contribution in [-0.2, 0) is 0 Å². The average Bonchev–Trinajstić information content (AvgIpc) is 3.08. The van der Waals surface area contributed by atoms with E-state index in [1.807, 2.05) is 6.92 Å². The van der Waals surface area contributed by atoms with Crippen LogP contribution in [-0.4, -0.2) is 47.0 Å². The molecule has 0 bridgehead atoms. The van der Waals surface area contributed by atoms with Crippen LogP contribution >= 0.6 is 23.2 Å². The number of fused-ring (bicyclic) bond motifs is 2. The molecule has 6 nitrogen and oxygen atoms in total. The maximum absolute atomic E-state index is 12.0. The first kappa shape index (κ1) is 21.0. The quantitative estimate of drug-likeness (QED) is 0.677. The summed E-state index contributed by atoms with van der Waals surface area (Å²) in [5, 5.41) is 0.690. The third-order valence-electron chi connectivity index (χ3n) is 4.75. The maximum Gasteiger partial charge on any atom is 0.263 e. The van der Waals surface area contributed by atoms with Gasteiger partial charge in [0, 0.05) is 13.6 Å². The number of rotatable bonds is 3. The molecule has 0 aliphatic carbocycles. The fraction of sp³-hybridized carbons (Fsp3) is 0.238. The van der Waals surface area contributed by atoms with Gasteiger partial charge in [-0.1, -0.05) is 48.7 Å². The normalized spacial score (nSPS) is 14.8. The van der Waals surface area contributed by atoms with Gasteiger partial charge in [-0.05, 0) is 30.7 Å². The van der Waals surface area contributed by atoms with E-state index in [1.54, 1.807) is 36.4 Å². The predicted octanol–water partition coefficient (Wildman–Crippen LogP) is 4.30. The summed E-state index contributed by atoms with van der Waals surface area (Å²) in [5.74, 6) is -1.11. The van der Waals surface area contributed by atoms with Crippen molar-refractivity contribution in [3.8, 4) is 0 Å². The van der Waals surface area contributed by atoms with Crippen molar-refractivity contribution < 1.29 is 19.2 Å². The lowest BCUT2D eigenvalue weighted by Gasteiger charge is -2.12. The number of nitrogens with zero attached hydrogens (tertiary/aromatic N) is 2. The highest BCUT2D eigenvalue weighted by atomic mass is 35.5. The number of benzene rings is 2. The molecule has 2 aromatic rings. The molecule has 4 rings (SSSR count). The number of hydrogen-bond donors (Lipinski definition) is 0. The van der Waals surface area contributed by atoms with Gasteiger partial charge in [0.1, 0.15) is 0 Å². The van der Waals surface area contributed by atoms with Gasteiger partial charge in [-0.15, -0.1) is 0 Å². The van der Waals surface area contributed by atoms with E-state index in [2.05, 4.69) is 0 Å². The van der Waals surface area contributed by atoms with Gasteiger partial charge in [-0.2, -0.15) is 0 Å². The van der Waals surface area contributed by atoms with Crippen molar-refractivity contribution in [2.75, 3.05) is 13.6 Å². The third-order valence-corrected chi connectivity index (χ3v) is 5.38. The Morgan fingerprint density at radius 2 is 1.28 bits per heavy atom. The van der Waals surface area contributed by atoms with Gasteiger partial charge in [-0.3, -0.25) is 29.0 Å². The first-order valence-electron chi connectivity index (χ1n) is 9.05. The van der Waals surface area contributed by atoms with Gasteiger partial charge in [0.05, 0.1) is 32.3 Å². The Kier molecular flexibility index (Phi) is 6.05. The second-order valence-electron chi connectivity index (χ2n) is 6.61. The third kappa shape index (κ3) is 3.66. The van der Waals surface area contributed by atoms with Crippen LogP contribution in [0, 0.1) is 0 Å². The van der Waals surface area contributed by atoms with Crippen molar-refractivity contribution in [2.24, 2.45) is 0 Å². The SMILES string of the molecule is CCCCN1C(=O)c2cccc(Cl)c2C1=O.CN1C(=O)c2cccc(Cl)c2C1=O. The minimum absolute atomic E-state index is 0.226. The van der Waals surface area contributed by atoms with Crippen molar-refractivity contribution in [1.82, 2.24) is 9.80 Å². The maximum atomic E-state index is 12.0. The zero-order valence-corrected chi connectivity index (χ0v) is 17.4. The zero-order valence-electron chi connectivity index (χ0n) is 15.9. The van der Waals surface area contributed by atoms with Crippen LogP contribution in [0.25, 0.3) is 0 Å². The molecule has 2 aromatic carbocycles. The fourth-order valence-corrected chi connectivity index (χ4v) is 3.68. The van der Waals surface area contributed by atoms with Gasteiger partial charge >= 0.3 is 0 Å². The van der Waals surface area contributed by atoms with Crippen molar-refractivity contribution in [1.29, 1.82) is 0 Å². The number of hydrogen-bond acceptors (Lipinski definition) is 4. The molecular weight excluding hydrogens is 415 g/mol. The lowest BCUT2D eigenvalue weighted by molar-refractivity contribution is 0.0647. The van der Waals surface area contributed by atoms with Crippen LogP contribution in [0.3, 0.4) is 0 Å². The monoisotopic (exact) mass is 432 g/mol. The minimum atomic E-state index is -0.328. The van der Waals surface area contributed by atoms with E-state index in [9.17, 15) is 19.2 Å². The summed E-state index contributed by atoms with van der Waals surface area (Å²) in [7, 11) is 1.45. The topological polar surface area (TPSA) is 74.8 Å². The highest BCUT2D eigenvalue weighted by molar-refractivity contribution is 6.37. The highest BCUT2D eigenvalue weighted by Crippen LogP contribution is 2.29. The first-order chi connectivity index (χ1) is 13.8. The summed E-state index contributed by atoms with van der Waals surface area (Å²) >= 11 is 11.7. The summed E-state index contributed by atoms with van der Waals surface area (Å²) in [6.07, 6.45) is 1.77. The van der Waals surface area contributed by atoms with Crippen molar-refractivity contribution in [3.63, 3.8) is 0 Å². The number of unbranched alkanes of at least 4 members (excludes halogenated alkanes) is 1. The Morgan fingerprint density at radius 3 is 1.76 bits per heavy atom. The molecule has 150 valence electrons. The first-order valence-corrected chi connectivity index (χ1v) is 9.80. The van der Waals surface area contributed by atoms with E-state index in [0.717, 1.165) is 17.7 Å². The van der Waals surface area contributed by atoms with Gasteiger partial charge in [0.2, 0.25) is 0 Å². The molecule has 0 unspecified atom stereocenters. The molecule has 2 aliphatic rings. The Bertz CT molecular complexity index is 1040. The molecule has 0 saturated heterocycles. The zero-order chi connectivity index (χ0) is 21.3. The van der Waals surface area contributed by atoms with E-state index >= 15 is 0 Å². The Labute approximate surface area is 178 Å². The largest absolute Gasteiger partial charge is 0.277 e. The standard InChI is InChI=1S/C12H12ClNO2.C9H6ClNO2/c1-2-3-7-14-11(15)8-5-4-6-9(13)10(8)12(14)16;1-11-8(12)5-3-2-4-6(10)7(5)9(11)13/h4-6H,2-3,7H2,1H3;2-4H,1H3. The van der Waals surface area contributed by atoms with Gasteiger partial charge in [0.25, 0.3) is 23.6 Å². The lowest BCUT2D eigenvalue weighted by Crippen LogP contribution is -2.30. The average molecular weight is 433 g/mol.